The molecule has 26 heavy (non-hydrogen) atoms. The molecule has 0 aliphatic rings. The van der Waals surface area contributed by atoms with Gasteiger partial charge in [-0.15, -0.1) is 0 Å². The predicted octanol–water partition coefficient (Wildman–Crippen LogP) is 2.59. The molecule has 0 saturated heterocycles. The fourth-order valence-electron chi connectivity index (χ4n) is 2.21. The van der Waals surface area contributed by atoms with Crippen molar-refractivity contribution in [3.63, 3.8) is 0 Å². The van der Waals surface area contributed by atoms with Crippen LogP contribution in [0, 0.1) is 11.3 Å². The maximum absolute atomic E-state index is 12.2. The fraction of sp³-hybridized carbons (Fsp3) is 0.222. The van der Waals surface area contributed by atoms with E-state index in [1.807, 2.05) is 18.2 Å². The average molecular weight is 390 g/mol. The van der Waals surface area contributed by atoms with Gasteiger partial charge in [0.1, 0.15) is 0 Å². The standard InChI is InChI=1S/C18H19N3O3S2/c1-26(23,24)21-17-8-4-7-14(11-17)18(22)20-9-10-25-13-16-6-3-2-5-15(16)12-19/h2-8,11,21H,9-10,13H2,1H3,(H,20,22). The van der Waals surface area contributed by atoms with Gasteiger partial charge in [0.2, 0.25) is 10.0 Å². The highest BCUT2D eigenvalue weighted by Gasteiger charge is 2.08. The first-order chi connectivity index (χ1) is 12.4. The molecule has 6 nitrogen and oxygen atoms in total. The van der Waals surface area contributed by atoms with Crippen molar-refractivity contribution < 1.29 is 13.2 Å². The van der Waals surface area contributed by atoms with Gasteiger partial charge in [-0.25, -0.2) is 8.42 Å². The lowest BCUT2D eigenvalue weighted by molar-refractivity contribution is 0.0956. The van der Waals surface area contributed by atoms with Crippen molar-refractivity contribution >= 4 is 33.4 Å². The Labute approximate surface area is 157 Å². The molecule has 0 bridgehead atoms. The largest absolute Gasteiger partial charge is 0.351 e. The van der Waals surface area contributed by atoms with Crippen LogP contribution in [0.2, 0.25) is 0 Å². The van der Waals surface area contributed by atoms with Gasteiger partial charge in [-0.3, -0.25) is 9.52 Å². The molecule has 2 N–H and O–H groups in total. The van der Waals surface area contributed by atoms with E-state index in [-0.39, 0.29) is 5.91 Å². The molecule has 0 aliphatic heterocycles. The molecule has 0 unspecified atom stereocenters. The van der Waals surface area contributed by atoms with Crippen molar-refractivity contribution in [1.29, 1.82) is 5.26 Å². The number of anilines is 1. The van der Waals surface area contributed by atoms with Crippen molar-refractivity contribution in [2.75, 3.05) is 23.3 Å². The third kappa shape index (κ3) is 6.43. The molecule has 0 aliphatic carbocycles. The van der Waals surface area contributed by atoms with Gasteiger partial charge in [-0.1, -0.05) is 24.3 Å². The zero-order valence-electron chi connectivity index (χ0n) is 14.2. The second kappa shape index (κ2) is 9.27. The monoisotopic (exact) mass is 389 g/mol. The van der Waals surface area contributed by atoms with E-state index >= 15 is 0 Å². The maximum Gasteiger partial charge on any atom is 0.251 e. The molecule has 0 fully saturated rings. The highest BCUT2D eigenvalue weighted by Crippen LogP contribution is 2.16. The van der Waals surface area contributed by atoms with Crippen molar-refractivity contribution in [3.05, 3.63) is 65.2 Å². The van der Waals surface area contributed by atoms with Crippen LogP contribution in [-0.2, 0) is 15.8 Å². The van der Waals surface area contributed by atoms with Gasteiger partial charge in [0.15, 0.2) is 0 Å². The number of rotatable bonds is 8. The Balaban J connectivity index is 1.80. The number of benzene rings is 2. The Morgan fingerprint density at radius 2 is 1.96 bits per heavy atom. The van der Waals surface area contributed by atoms with Crippen molar-refractivity contribution in [3.8, 4) is 6.07 Å². The highest BCUT2D eigenvalue weighted by atomic mass is 32.2. The van der Waals surface area contributed by atoms with Crippen LogP contribution in [0.4, 0.5) is 5.69 Å². The maximum atomic E-state index is 12.2. The number of amides is 1. The van der Waals surface area contributed by atoms with Gasteiger partial charge >= 0.3 is 0 Å². The molecule has 0 aromatic heterocycles. The number of carbonyl (C=O) groups is 1. The highest BCUT2D eigenvalue weighted by molar-refractivity contribution is 7.98. The summed E-state index contributed by atoms with van der Waals surface area (Å²) in [5.41, 5.74) is 2.38. The SMILES string of the molecule is CS(=O)(=O)Nc1cccc(C(=O)NCCSCc2ccccc2C#N)c1. The number of hydrogen-bond acceptors (Lipinski definition) is 5. The molecule has 2 aromatic carbocycles. The lowest BCUT2D eigenvalue weighted by Crippen LogP contribution is -2.25. The molecule has 0 atom stereocenters. The number of nitrogens with one attached hydrogen (secondary N) is 2. The van der Waals surface area contributed by atoms with Crippen LogP contribution < -0.4 is 10.0 Å². The van der Waals surface area contributed by atoms with E-state index in [1.165, 1.54) is 6.07 Å². The van der Waals surface area contributed by atoms with Crippen LogP contribution in [0.3, 0.4) is 0 Å². The quantitative estimate of drug-likeness (QED) is 0.676. The normalized spacial score (nSPS) is 10.8. The Kier molecular flexibility index (Phi) is 7.06. The summed E-state index contributed by atoms with van der Waals surface area (Å²) in [6.07, 6.45) is 1.06. The third-order valence-corrected chi connectivity index (χ3v) is 4.97. The molecular formula is C18H19N3O3S2. The van der Waals surface area contributed by atoms with Gasteiger partial charge in [0, 0.05) is 29.3 Å². The minimum absolute atomic E-state index is 0.264. The van der Waals surface area contributed by atoms with Crippen LogP contribution in [-0.4, -0.2) is 32.9 Å². The van der Waals surface area contributed by atoms with Crippen molar-refractivity contribution in [2.45, 2.75) is 5.75 Å². The van der Waals surface area contributed by atoms with Gasteiger partial charge < -0.3 is 5.32 Å². The van der Waals surface area contributed by atoms with Crippen molar-refractivity contribution in [2.24, 2.45) is 0 Å². The first-order valence-corrected chi connectivity index (χ1v) is 10.9. The summed E-state index contributed by atoms with van der Waals surface area (Å²) in [5, 5.41) is 11.9. The third-order valence-electron chi connectivity index (χ3n) is 3.36. The minimum atomic E-state index is -3.38. The average Bonchev–Trinajstić information content (AvgIpc) is 2.60. The summed E-state index contributed by atoms with van der Waals surface area (Å²) in [4.78, 5) is 12.2. The Hall–Kier alpha value is -2.50. The lowest BCUT2D eigenvalue weighted by Gasteiger charge is -2.08. The summed E-state index contributed by atoms with van der Waals surface area (Å²) < 4.78 is 24.9. The Bertz CT molecular complexity index is 921. The second-order valence-electron chi connectivity index (χ2n) is 5.53. The zero-order chi connectivity index (χ0) is 19.0. The first kappa shape index (κ1) is 19.8. The van der Waals surface area contributed by atoms with Crippen molar-refractivity contribution in [1.82, 2.24) is 5.32 Å². The van der Waals surface area contributed by atoms with Gasteiger partial charge in [-0.05, 0) is 29.8 Å². The molecule has 0 radical (unpaired) electrons. The molecule has 136 valence electrons. The van der Waals surface area contributed by atoms with Crippen LogP contribution in [0.15, 0.2) is 48.5 Å². The van der Waals surface area contributed by atoms with E-state index in [4.69, 9.17) is 5.26 Å². The van der Waals surface area contributed by atoms with Crippen LogP contribution in [0.25, 0.3) is 0 Å². The molecular weight excluding hydrogens is 370 g/mol. The van der Waals surface area contributed by atoms with Crippen LogP contribution in [0.1, 0.15) is 21.5 Å². The Morgan fingerprint density at radius 1 is 1.19 bits per heavy atom. The summed E-state index contributed by atoms with van der Waals surface area (Å²) in [5.74, 6) is 1.14. The number of nitriles is 1. The Morgan fingerprint density at radius 3 is 2.69 bits per heavy atom. The van der Waals surface area contributed by atoms with E-state index in [0.29, 0.717) is 34.9 Å². The molecule has 2 rings (SSSR count). The van der Waals surface area contributed by atoms with Gasteiger partial charge in [0.25, 0.3) is 5.91 Å². The minimum Gasteiger partial charge on any atom is -0.351 e. The van der Waals surface area contributed by atoms with E-state index in [9.17, 15) is 13.2 Å². The molecule has 2 aromatic rings. The van der Waals surface area contributed by atoms with Crippen LogP contribution in [0.5, 0.6) is 0 Å². The van der Waals surface area contributed by atoms with Gasteiger partial charge in [0.05, 0.1) is 17.9 Å². The van der Waals surface area contributed by atoms with E-state index < -0.39 is 10.0 Å². The van der Waals surface area contributed by atoms with Gasteiger partial charge in [-0.2, -0.15) is 17.0 Å². The molecule has 0 saturated carbocycles. The summed E-state index contributed by atoms with van der Waals surface area (Å²) in [6.45, 7) is 0.474. The molecule has 0 spiro atoms. The summed E-state index contributed by atoms with van der Waals surface area (Å²) in [7, 11) is -3.38. The van der Waals surface area contributed by atoms with E-state index in [1.54, 1.807) is 36.0 Å². The smallest absolute Gasteiger partial charge is 0.251 e. The first-order valence-electron chi connectivity index (χ1n) is 7.81. The lowest BCUT2D eigenvalue weighted by atomic mass is 10.1. The molecule has 1 amide bonds. The topological polar surface area (TPSA) is 99.1 Å². The summed E-state index contributed by atoms with van der Waals surface area (Å²) in [6, 6.07) is 15.9. The molecule has 0 heterocycles. The number of sulfonamides is 1. The number of thioether (sulfide) groups is 1. The number of hydrogen-bond donors (Lipinski definition) is 2. The van der Waals surface area contributed by atoms with E-state index in [0.717, 1.165) is 11.8 Å². The summed E-state index contributed by atoms with van der Waals surface area (Å²) >= 11 is 1.63. The van der Waals surface area contributed by atoms with E-state index in [2.05, 4.69) is 16.1 Å². The second-order valence-corrected chi connectivity index (χ2v) is 8.39. The number of nitrogens with zero attached hydrogens (tertiary/aromatic N) is 1. The molecule has 8 heteroatoms. The fourth-order valence-corrected chi connectivity index (χ4v) is 3.63. The zero-order valence-corrected chi connectivity index (χ0v) is 15.9. The van der Waals surface area contributed by atoms with Crippen LogP contribution >= 0.6 is 11.8 Å². The number of carbonyl (C=O) groups excluding carboxylic acids is 1. The predicted molar refractivity (Wildman–Crippen MR) is 105 cm³/mol.